The molecule has 2 aromatic heterocycles. The highest BCUT2D eigenvalue weighted by Gasteiger charge is 2.29. The molecule has 25 heavy (non-hydrogen) atoms. The van der Waals surface area contributed by atoms with E-state index in [1.165, 1.54) is 17.9 Å². The van der Waals surface area contributed by atoms with Crippen LogP contribution in [0.25, 0.3) is 11.2 Å². The summed E-state index contributed by atoms with van der Waals surface area (Å²) in [5, 5.41) is 43.5. The molecule has 12 heteroatoms. The maximum Gasteiger partial charge on any atom is 0.332 e. The summed E-state index contributed by atoms with van der Waals surface area (Å²) in [6.45, 7) is -0.760. The van der Waals surface area contributed by atoms with Gasteiger partial charge in [0.25, 0.3) is 5.56 Å². The smallest absolute Gasteiger partial charge is 0.332 e. The molecule has 4 atom stereocenters. The van der Waals surface area contributed by atoms with E-state index in [9.17, 15) is 14.4 Å². The summed E-state index contributed by atoms with van der Waals surface area (Å²) in [6.07, 6.45) is -5.45. The molecule has 0 aliphatic rings. The van der Waals surface area contributed by atoms with E-state index in [1.54, 1.807) is 7.05 Å². The summed E-state index contributed by atoms with van der Waals surface area (Å²) in [7, 11) is 3.01. The average Bonchev–Trinajstić information content (AvgIpc) is 3.12. The first-order chi connectivity index (χ1) is 11.7. The Morgan fingerprint density at radius 2 is 1.76 bits per heavy atom. The molecule has 12 nitrogen and oxygen atoms in total. The Labute approximate surface area is 140 Å². The molecule has 0 bridgehead atoms. The number of hydrogen-bond acceptors (Lipinski definition) is 9. The van der Waals surface area contributed by atoms with Gasteiger partial charge in [-0.3, -0.25) is 13.9 Å². The molecule has 140 valence electrons. The van der Waals surface area contributed by atoms with Crippen LogP contribution in [0.15, 0.2) is 15.9 Å². The first kappa shape index (κ1) is 20.7. The number of aromatic nitrogens is 4. The SMILES string of the molecule is Cn1c(=O)c2[nH]cnc2n(C)c1=O.O=CC(O)C(O)C(O)C(O)CO. The van der Waals surface area contributed by atoms with Crippen LogP contribution >= 0.6 is 0 Å². The van der Waals surface area contributed by atoms with Crippen molar-refractivity contribution in [2.24, 2.45) is 14.1 Å². The van der Waals surface area contributed by atoms with Crippen LogP contribution in [0.3, 0.4) is 0 Å². The second-order valence-electron chi connectivity index (χ2n) is 5.16. The van der Waals surface area contributed by atoms with E-state index in [0.29, 0.717) is 11.2 Å². The second-order valence-corrected chi connectivity index (χ2v) is 5.16. The van der Waals surface area contributed by atoms with E-state index in [0.717, 1.165) is 4.57 Å². The number of aliphatic hydroxyl groups excluding tert-OH is 5. The van der Waals surface area contributed by atoms with Gasteiger partial charge in [-0.15, -0.1) is 0 Å². The summed E-state index contributed by atoms with van der Waals surface area (Å²) in [5.74, 6) is 0. The largest absolute Gasteiger partial charge is 0.394 e. The standard InChI is InChI=1S/C7H8N4O2.C6H12O6/c1-10-5-4(8-3-9-5)6(12)11(2)7(10)13;7-1-3(9)5(11)6(12)4(10)2-8/h3H,1-2H3,(H,8,9);1,3-6,8-12H,2H2. The lowest BCUT2D eigenvalue weighted by Crippen LogP contribution is -2.46. The molecule has 2 heterocycles. The van der Waals surface area contributed by atoms with E-state index >= 15 is 0 Å². The first-order valence-corrected chi connectivity index (χ1v) is 7.04. The first-order valence-electron chi connectivity index (χ1n) is 7.04. The minimum Gasteiger partial charge on any atom is -0.394 e. The molecule has 2 aromatic rings. The fourth-order valence-electron chi connectivity index (χ4n) is 1.89. The van der Waals surface area contributed by atoms with Gasteiger partial charge in [0.15, 0.2) is 11.9 Å². The van der Waals surface area contributed by atoms with Crippen LogP contribution in [-0.2, 0) is 18.9 Å². The van der Waals surface area contributed by atoms with Gasteiger partial charge in [0.2, 0.25) is 0 Å². The molecule has 4 unspecified atom stereocenters. The molecular weight excluding hydrogens is 340 g/mol. The molecule has 6 N–H and O–H groups in total. The number of hydrogen-bond donors (Lipinski definition) is 6. The van der Waals surface area contributed by atoms with Gasteiger partial charge in [-0.2, -0.15) is 0 Å². The van der Waals surface area contributed by atoms with Gasteiger partial charge in [0, 0.05) is 14.1 Å². The number of carbonyl (C=O) groups excluding carboxylic acids is 1. The number of aromatic amines is 1. The third kappa shape index (κ3) is 4.37. The van der Waals surface area contributed by atoms with Gasteiger partial charge in [0.05, 0.1) is 12.9 Å². The lowest BCUT2D eigenvalue weighted by molar-refractivity contribution is -0.136. The molecule has 0 spiro atoms. The van der Waals surface area contributed by atoms with Crippen molar-refractivity contribution in [2.75, 3.05) is 6.61 Å². The van der Waals surface area contributed by atoms with Gasteiger partial charge >= 0.3 is 5.69 Å². The summed E-state index contributed by atoms with van der Waals surface area (Å²) in [5.41, 5.74) is 0.0119. The number of carbonyl (C=O) groups is 1. The van der Waals surface area contributed by atoms with Crippen molar-refractivity contribution in [1.82, 2.24) is 19.1 Å². The third-order valence-corrected chi connectivity index (χ3v) is 3.45. The Balaban J connectivity index is 0.000000252. The zero-order valence-electron chi connectivity index (χ0n) is 13.5. The molecule has 0 aliphatic heterocycles. The maximum absolute atomic E-state index is 11.4. The molecule has 0 saturated carbocycles. The van der Waals surface area contributed by atoms with E-state index in [-0.39, 0.29) is 17.5 Å². The van der Waals surface area contributed by atoms with Gasteiger partial charge in [0.1, 0.15) is 29.9 Å². The molecule has 0 fully saturated rings. The van der Waals surface area contributed by atoms with Crippen molar-refractivity contribution in [3.8, 4) is 0 Å². The number of imidazole rings is 1. The number of nitrogens with zero attached hydrogens (tertiary/aromatic N) is 3. The van der Waals surface area contributed by atoms with Crippen LogP contribution in [0.1, 0.15) is 0 Å². The van der Waals surface area contributed by atoms with Crippen LogP contribution in [0.5, 0.6) is 0 Å². The van der Waals surface area contributed by atoms with Crippen molar-refractivity contribution in [3.63, 3.8) is 0 Å². The number of nitrogens with one attached hydrogen (secondary N) is 1. The van der Waals surface area contributed by atoms with Gasteiger partial charge < -0.3 is 35.3 Å². The second kappa shape index (κ2) is 8.64. The Morgan fingerprint density at radius 3 is 2.28 bits per heavy atom. The molecule has 2 rings (SSSR count). The fraction of sp³-hybridized carbons (Fsp3) is 0.538. The summed E-state index contributed by atoms with van der Waals surface area (Å²) in [6, 6.07) is 0. The summed E-state index contributed by atoms with van der Waals surface area (Å²) in [4.78, 5) is 39.3. The van der Waals surface area contributed by atoms with Crippen molar-refractivity contribution in [1.29, 1.82) is 0 Å². The highest BCUT2D eigenvalue weighted by molar-refractivity contribution is 5.68. The van der Waals surface area contributed by atoms with E-state index in [2.05, 4.69) is 9.97 Å². The Morgan fingerprint density at radius 1 is 1.16 bits per heavy atom. The predicted octanol–water partition coefficient (Wildman–Crippen LogP) is -4.42. The Kier molecular flexibility index (Phi) is 7.14. The van der Waals surface area contributed by atoms with Gasteiger partial charge in [-0.1, -0.05) is 0 Å². The molecule has 0 amide bonds. The molecule has 0 saturated heterocycles. The normalized spacial score (nSPS) is 15.8. The van der Waals surface area contributed by atoms with Gasteiger partial charge in [-0.25, -0.2) is 9.78 Å². The molecular formula is C13H20N4O8. The minimum atomic E-state index is -1.79. The maximum atomic E-state index is 11.4. The Hall–Kier alpha value is -2.38. The molecule has 0 aliphatic carbocycles. The van der Waals surface area contributed by atoms with Crippen molar-refractivity contribution in [3.05, 3.63) is 27.2 Å². The zero-order chi connectivity index (χ0) is 19.3. The van der Waals surface area contributed by atoms with Crippen molar-refractivity contribution in [2.45, 2.75) is 24.4 Å². The lowest BCUT2D eigenvalue weighted by Gasteiger charge is -2.22. The van der Waals surface area contributed by atoms with Crippen molar-refractivity contribution < 1.29 is 30.3 Å². The highest BCUT2D eigenvalue weighted by atomic mass is 16.4. The highest BCUT2D eigenvalue weighted by Crippen LogP contribution is 2.03. The quantitative estimate of drug-likeness (QED) is 0.286. The minimum absolute atomic E-state index is 0.0258. The molecule has 0 radical (unpaired) electrons. The lowest BCUT2D eigenvalue weighted by atomic mass is 10.0. The number of aldehydes is 1. The number of H-pyrrole nitrogens is 1. The third-order valence-electron chi connectivity index (χ3n) is 3.45. The number of aliphatic hydroxyl groups is 5. The van der Waals surface area contributed by atoms with Crippen molar-refractivity contribution >= 4 is 17.5 Å². The number of fused-ring (bicyclic) bond motifs is 1. The Bertz CT molecular complexity index is 826. The predicted molar refractivity (Wildman–Crippen MR) is 83.8 cm³/mol. The van der Waals surface area contributed by atoms with E-state index in [1.807, 2.05) is 0 Å². The van der Waals surface area contributed by atoms with E-state index < -0.39 is 31.0 Å². The average molecular weight is 360 g/mol. The number of aryl methyl sites for hydroxylation is 1. The summed E-state index contributed by atoms with van der Waals surface area (Å²) < 4.78 is 2.37. The fourth-order valence-corrected chi connectivity index (χ4v) is 1.89. The van der Waals surface area contributed by atoms with E-state index in [4.69, 9.17) is 25.5 Å². The van der Waals surface area contributed by atoms with Crippen LogP contribution in [0.4, 0.5) is 0 Å². The van der Waals surface area contributed by atoms with Crippen LogP contribution in [-0.4, -0.2) is 81.9 Å². The monoisotopic (exact) mass is 360 g/mol. The topological polar surface area (TPSA) is 191 Å². The zero-order valence-corrected chi connectivity index (χ0v) is 13.5. The van der Waals surface area contributed by atoms with Crippen LogP contribution in [0, 0.1) is 0 Å². The van der Waals surface area contributed by atoms with Crippen LogP contribution in [0.2, 0.25) is 0 Å². The number of rotatable bonds is 5. The van der Waals surface area contributed by atoms with Crippen LogP contribution < -0.4 is 11.2 Å². The summed E-state index contributed by atoms with van der Waals surface area (Å²) >= 11 is 0. The van der Waals surface area contributed by atoms with Gasteiger partial charge in [-0.05, 0) is 0 Å². The molecule has 0 aromatic carbocycles.